The van der Waals surface area contributed by atoms with E-state index in [4.69, 9.17) is 14.6 Å². The molecule has 1 aromatic carbocycles. The average Bonchev–Trinajstić information content (AvgIpc) is 2.64. The molecule has 0 fully saturated rings. The third-order valence-electron chi connectivity index (χ3n) is 3.39. The van der Waals surface area contributed by atoms with E-state index in [9.17, 15) is 9.90 Å². The van der Waals surface area contributed by atoms with Gasteiger partial charge in [0, 0.05) is 25.1 Å². The normalized spacial score (nSPS) is 14.1. The number of aromatic nitrogens is 2. The number of rotatable bonds is 4. The van der Waals surface area contributed by atoms with E-state index in [0.717, 1.165) is 11.9 Å². The molecule has 0 radical (unpaired) electrons. The molecular weight excluding hydrogens is 276 g/mol. The number of imidazole rings is 1. The highest BCUT2D eigenvalue weighted by molar-refractivity contribution is 5.81. The van der Waals surface area contributed by atoms with Crippen molar-refractivity contribution < 1.29 is 24.5 Å². The first-order chi connectivity index (χ1) is 10.2. The Labute approximate surface area is 120 Å². The summed E-state index contributed by atoms with van der Waals surface area (Å²) in [5, 5.41) is 18.2. The summed E-state index contributed by atoms with van der Waals surface area (Å²) in [6.45, 7) is 1.17. The molecule has 0 saturated carbocycles. The molecule has 1 aromatic heterocycles. The molecule has 1 aliphatic rings. The first-order valence-electron chi connectivity index (χ1n) is 6.80. The van der Waals surface area contributed by atoms with E-state index in [1.807, 2.05) is 0 Å². The zero-order chi connectivity index (χ0) is 14.8. The third-order valence-corrected chi connectivity index (χ3v) is 3.39. The Morgan fingerprint density at radius 2 is 2.00 bits per heavy atom. The van der Waals surface area contributed by atoms with Crippen molar-refractivity contribution in [3.8, 4) is 11.5 Å². The molecule has 0 aliphatic carbocycles. The Kier molecular flexibility index (Phi) is 3.66. The molecule has 2 aromatic rings. The number of aliphatic hydroxyl groups excluding tert-OH is 1. The quantitative estimate of drug-likeness (QED) is 0.878. The number of carboxylic acid groups (broad SMARTS) is 1. The Morgan fingerprint density at radius 1 is 1.29 bits per heavy atom. The first-order valence-corrected chi connectivity index (χ1v) is 6.80. The van der Waals surface area contributed by atoms with Crippen LogP contribution in [0, 0.1) is 0 Å². The second kappa shape index (κ2) is 5.61. The van der Waals surface area contributed by atoms with Crippen LogP contribution >= 0.6 is 0 Å². The van der Waals surface area contributed by atoms with E-state index in [2.05, 4.69) is 4.98 Å². The Bertz CT molecular complexity index is 680. The van der Waals surface area contributed by atoms with Crippen LogP contribution in [0.15, 0.2) is 12.1 Å². The fourth-order valence-electron chi connectivity index (χ4n) is 2.41. The van der Waals surface area contributed by atoms with Crippen LogP contribution in [0.5, 0.6) is 11.5 Å². The highest BCUT2D eigenvalue weighted by Crippen LogP contribution is 2.34. The van der Waals surface area contributed by atoms with Gasteiger partial charge in [-0.1, -0.05) is 0 Å². The van der Waals surface area contributed by atoms with Crippen molar-refractivity contribution in [1.82, 2.24) is 9.55 Å². The first kappa shape index (κ1) is 13.7. The van der Waals surface area contributed by atoms with Gasteiger partial charge in [-0.15, -0.1) is 0 Å². The van der Waals surface area contributed by atoms with Crippen LogP contribution in [0.2, 0.25) is 0 Å². The maximum Gasteiger partial charge on any atom is 0.305 e. The number of hydrogen-bond donors (Lipinski definition) is 2. The lowest BCUT2D eigenvalue weighted by atomic mass is 10.2. The maximum absolute atomic E-state index is 10.8. The van der Waals surface area contributed by atoms with Gasteiger partial charge in [-0.2, -0.15) is 0 Å². The second-order valence-electron chi connectivity index (χ2n) is 4.82. The van der Waals surface area contributed by atoms with Crippen LogP contribution in [-0.4, -0.2) is 38.9 Å². The van der Waals surface area contributed by atoms with Gasteiger partial charge in [-0.25, -0.2) is 4.98 Å². The molecule has 0 atom stereocenters. The monoisotopic (exact) mass is 292 g/mol. The van der Waals surface area contributed by atoms with Crippen molar-refractivity contribution >= 4 is 17.0 Å². The van der Waals surface area contributed by atoms with Gasteiger partial charge in [-0.05, 0) is 0 Å². The molecule has 7 heteroatoms. The van der Waals surface area contributed by atoms with Crippen LogP contribution in [0.1, 0.15) is 18.7 Å². The lowest BCUT2D eigenvalue weighted by molar-refractivity contribution is -0.137. The Morgan fingerprint density at radius 3 is 2.67 bits per heavy atom. The molecule has 7 nitrogen and oxygen atoms in total. The molecular formula is C14H16N2O5. The zero-order valence-electron chi connectivity index (χ0n) is 11.4. The van der Waals surface area contributed by atoms with Gasteiger partial charge in [0.1, 0.15) is 12.4 Å². The smallest absolute Gasteiger partial charge is 0.305 e. The van der Waals surface area contributed by atoms with Gasteiger partial charge in [0.25, 0.3) is 0 Å². The van der Waals surface area contributed by atoms with Crippen molar-refractivity contribution in [3.63, 3.8) is 0 Å². The molecule has 2 N–H and O–H groups in total. The van der Waals surface area contributed by atoms with Crippen molar-refractivity contribution in [3.05, 3.63) is 18.0 Å². The van der Waals surface area contributed by atoms with Crippen LogP contribution in [0.3, 0.4) is 0 Å². The molecule has 112 valence electrons. The summed E-state index contributed by atoms with van der Waals surface area (Å²) in [4.78, 5) is 15.1. The number of aliphatic hydroxyl groups is 1. The van der Waals surface area contributed by atoms with E-state index < -0.39 is 5.97 Å². The summed E-state index contributed by atoms with van der Waals surface area (Å²) in [5.74, 6) is 0.801. The van der Waals surface area contributed by atoms with E-state index in [1.54, 1.807) is 16.7 Å². The van der Waals surface area contributed by atoms with Crippen molar-refractivity contribution in [2.24, 2.45) is 0 Å². The SMILES string of the molecule is O=C(O)CCn1c(CO)nc2cc3c(cc21)OCCCO3. The average molecular weight is 292 g/mol. The highest BCUT2D eigenvalue weighted by atomic mass is 16.5. The molecule has 0 amide bonds. The van der Waals surface area contributed by atoms with E-state index in [0.29, 0.717) is 36.1 Å². The second-order valence-corrected chi connectivity index (χ2v) is 4.82. The summed E-state index contributed by atoms with van der Waals surface area (Å²) in [6, 6.07) is 3.57. The number of fused-ring (bicyclic) bond motifs is 2. The molecule has 1 aliphatic heterocycles. The van der Waals surface area contributed by atoms with Gasteiger partial charge in [0.05, 0.1) is 30.7 Å². The van der Waals surface area contributed by atoms with Crippen LogP contribution < -0.4 is 9.47 Å². The largest absolute Gasteiger partial charge is 0.489 e. The third kappa shape index (κ3) is 2.64. The molecule has 0 spiro atoms. The Hall–Kier alpha value is -2.28. The molecule has 3 rings (SSSR count). The maximum atomic E-state index is 10.8. The van der Waals surface area contributed by atoms with Gasteiger partial charge >= 0.3 is 5.97 Å². The minimum atomic E-state index is -0.893. The molecule has 2 heterocycles. The number of benzene rings is 1. The van der Waals surface area contributed by atoms with Crippen molar-refractivity contribution in [2.45, 2.75) is 26.0 Å². The van der Waals surface area contributed by atoms with Crippen LogP contribution in [-0.2, 0) is 17.9 Å². The number of hydrogen-bond acceptors (Lipinski definition) is 5. The van der Waals surface area contributed by atoms with Gasteiger partial charge < -0.3 is 24.3 Å². The minimum absolute atomic E-state index is 0.0348. The van der Waals surface area contributed by atoms with E-state index in [-0.39, 0.29) is 19.6 Å². The van der Waals surface area contributed by atoms with E-state index in [1.165, 1.54) is 0 Å². The van der Waals surface area contributed by atoms with Crippen molar-refractivity contribution in [2.75, 3.05) is 13.2 Å². The van der Waals surface area contributed by atoms with Crippen molar-refractivity contribution in [1.29, 1.82) is 0 Å². The van der Waals surface area contributed by atoms with Gasteiger partial charge in [-0.3, -0.25) is 4.79 Å². The summed E-state index contributed by atoms with van der Waals surface area (Å²) < 4.78 is 12.9. The predicted molar refractivity (Wildman–Crippen MR) is 73.5 cm³/mol. The number of ether oxygens (including phenoxy) is 2. The predicted octanol–water partition coefficient (Wildman–Crippen LogP) is 1.16. The number of aryl methyl sites for hydroxylation is 1. The zero-order valence-corrected chi connectivity index (χ0v) is 11.4. The number of carbonyl (C=O) groups is 1. The molecule has 0 bridgehead atoms. The lowest BCUT2D eigenvalue weighted by Gasteiger charge is -2.09. The lowest BCUT2D eigenvalue weighted by Crippen LogP contribution is -2.08. The standard InChI is InChI=1S/C14H16N2O5/c17-8-13-15-9-6-11-12(21-5-1-4-20-11)7-10(9)16(13)3-2-14(18)19/h6-7,17H,1-5,8H2,(H,18,19). The fourth-order valence-corrected chi connectivity index (χ4v) is 2.41. The molecule has 0 saturated heterocycles. The Balaban J connectivity index is 2.07. The summed E-state index contributed by atoms with van der Waals surface area (Å²) >= 11 is 0. The summed E-state index contributed by atoms with van der Waals surface area (Å²) in [5.41, 5.74) is 1.40. The van der Waals surface area contributed by atoms with Crippen LogP contribution in [0.4, 0.5) is 0 Å². The van der Waals surface area contributed by atoms with E-state index >= 15 is 0 Å². The number of aliphatic carboxylic acids is 1. The molecule has 0 unspecified atom stereocenters. The number of nitrogens with zero attached hydrogens (tertiary/aromatic N) is 2. The summed E-state index contributed by atoms with van der Waals surface area (Å²) in [6.07, 6.45) is 0.778. The number of carboxylic acids is 1. The highest BCUT2D eigenvalue weighted by Gasteiger charge is 2.17. The topological polar surface area (TPSA) is 93.8 Å². The summed E-state index contributed by atoms with van der Waals surface area (Å²) in [7, 11) is 0. The minimum Gasteiger partial charge on any atom is -0.489 e. The van der Waals surface area contributed by atoms with Gasteiger partial charge in [0.2, 0.25) is 0 Å². The van der Waals surface area contributed by atoms with Crippen LogP contribution in [0.25, 0.3) is 11.0 Å². The van der Waals surface area contributed by atoms with Gasteiger partial charge in [0.15, 0.2) is 11.5 Å². The fraction of sp³-hybridized carbons (Fsp3) is 0.429. The molecule has 21 heavy (non-hydrogen) atoms.